The molecule has 0 bridgehead atoms. The Morgan fingerprint density at radius 3 is 2.63 bits per heavy atom. The first-order valence-corrected chi connectivity index (χ1v) is 15.0. The number of epoxide rings is 1. The van der Waals surface area contributed by atoms with Gasteiger partial charge in [-0.3, -0.25) is 0 Å². The number of rotatable bonds is 11. The molecule has 2 rings (SSSR count). The lowest BCUT2D eigenvalue weighted by Crippen LogP contribution is -2.44. The van der Waals surface area contributed by atoms with Gasteiger partial charge in [-0.2, -0.15) is 0 Å². The zero-order valence-corrected chi connectivity index (χ0v) is 22.2. The molecule has 6 heteroatoms. The third-order valence-electron chi connectivity index (χ3n) is 6.79. The van der Waals surface area contributed by atoms with E-state index in [2.05, 4.69) is 64.2 Å². The van der Waals surface area contributed by atoms with Crippen LogP contribution in [0.1, 0.15) is 77.9 Å². The van der Waals surface area contributed by atoms with Gasteiger partial charge < -0.3 is 14.0 Å². The molecule has 170 valence electrons. The molecule has 0 unspecified atom stereocenters. The Kier molecular flexibility index (Phi) is 8.28. The van der Waals surface area contributed by atoms with Crippen LogP contribution in [0.15, 0.2) is 11.0 Å². The Morgan fingerprint density at radius 2 is 2.10 bits per heavy atom. The Labute approximate surface area is 188 Å². The Balaban J connectivity index is 2.10. The maximum Gasteiger partial charge on any atom is 0.192 e. The lowest BCUT2D eigenvalue weighted by molar-refractivity contribution is -0.110. The van der Waals surface area contributed by atoms with Crippen molar-refractivity contribution in [3.05, 3.63) is 21.7 Å². The molecule has 1 aliphatic heterocycles. The number of carbonyl (C=O) groups is 1. The van der Waals surface area contributed by atoms with Gasteiger partial charge in [-0.1, -0.05) is 27.7 Å². The molecule has 0 aromatic carbocycles. The summed E-state index contributed by atoms with van der Waals surface area (Å²) in [6.45, 7) is 19.9. The van der Waals surface area contributed by atoms with E-state index < -0.39 is 8.32 Å². The van der Waals surface area contributed by atoms with Crippen molar-refractivity contribution in [1.29, 1.82) is 0 Å². The molecular formula is C24H41NO3SSi. The van der Waals surface area contributed by atoms with Gasteiger partial charge >= 0.3 is 0 Å². The maximum atomic E-state index is 10.9. The lowest BCUT2D eigenvalue weighted by atomic mass is 9.93. The summed E-state index contributed by atoms with van der Waals surface area (Å²) in [6, 6.07) is 0. The highest BCUT2D eigenvalue weighted by Gasteiger charge is 2.53. The smallest absolute Gasteiger partial charge is 0.192 e. The molecule has 2 heterocycles. The van der Waals surface area contributed by atoms with E-state index >= 15 is 0 Å². The van der Waals surface area contributed by atoms with Crippen LogP contribution >= 0.6 is 11.3 Å². The standard InChI is InChI=1S/C24H41NO3SSi/c1-17(15-26)11-10-12-24(7)22(27-24)14-21(28-30(8,9)23(4,5)6)18(2)13-20-16-29-19(3)25-20/h13,15-17,21-22H,10-12,14H2,1-9H3/b18-13+/t17-,21-,22-,24+/m0/s1. The molecule has 0 saturated carbocycles. The second-order valence-electron chi connectivity index (χ2n) is 10.7. The quantitative estimate of drug-likeness (QED) is 0.211. The maximum absolute atomic E-state index is 10.9. The average Bonchev–Trinajstić information content (AvgIpc) is 3.06. The first-order chi connectivity index (χ1) is 13.8. The number of aldehydes is 1. The van der Waals surface area contributed by atoms with Crippen LogP contribution < -0.4 is 0 Å². The summed E-state index contributed by atoms with van der Waals surface area (Å²) in [7, 11) is -1.93. The minimum atomic E-state index is -1.93. The van der Waals surface area contributed by atoms with Gasteiger partial charge in [-0.15, -0.1) is 11.3 Å². The van der Waals surface area contributed by atoms with Gasteiger partial charge in [0.15, 0.2) is 8.32 Å². The Bertz CT molecular complexity index is 752. The number of aromatic nitrogens is 1. The van der Waals surface area contributed by atoms with Crippen molar-refractivity contribution in [1.82, 2.24) is 4.98 Å². The topological polar surface area (TPSA) is 51.7 Å². The molecule has 30 heavy (non-hydrogen) atoms. The van der Waals surface area contributed by atoms with Crippen molar-refractivity contribution in [3.63, 3.8) is 0 Å². The number of nitrogens with zero attached hydrogens (tertiary/aromatic N) is 1. The highest BCUT2D eigenvalue weighted by atomic mass is 32.1. The van der Waals surface area contributed by atoms with E-state index in [9.17, 15) is 4.79 Å². The molecule has 4 nitrogen and oxygen atoms in total. The zero-order valence-electron chi connectivity index (χ0n) is 20.4. The van der Waals surface area contributed by atoms with Crippen molar-refractivity contribution >= 4 is 32.0 Å². The predicted octanol–water partition coefficient (Wildman–Crippen LogP) is 6.80. The summed E-state index contributed by atoms with van der Waals surface area (Å²) >= 11 is 1.68. The molecule has 0 aliphatic carbocycles. The normalized spacial score (nSPS) is 24.6. The van der Waals surface area contributed by atoms with Gasteiger partial charge in [0.05, 0.1) is 28.5 Å². The van der Waals surface area contributed by atoms with Crippen LogP contribution in [0.3, 0.4) is 0 Å². The molecule has 0 spiro atoms. The molecule has 0 N–H and O–H groups in total. The Morgan fingerprint density at radius 1 is 1.43 bits per heavy atom. The summed E-state index contributed by atoms with van der Waals surface area (Å²) in [5, 5.41) is 3.34. The third-order valence-corrected chi connectivity index (χ3v) is 12.1. The molecule has 1 aromatic rings. The third kappa shape index (κ3) is 6.84. The van der Waals surface area contributed by atoms with Gasteiger partial charge in [0.2, 0.25) is 0 Å². The number of hydrogen-bond acceptors (Lipinski definition) is 5. The van der Waals surface area contributed by atoms with Crippen LogP contribution in [-0.4, -0.2) is 37.4 Å². The van der Waals surface area contributed by atoms with E-state index in [1.807, 2.05) is 13.8 Å². The molecule has 4 atom stereocenters. The molecule has 0 amide bonds. The fourth-order valence-electron chi connectivity index (χ4n) is 3.48. The zero-order chi connectivity index (χ0) is 22.7. The van der Waals surface area contributed by atoms with Crippen LogP contribution in [0.2, 0.25) is 18.1 Å². The van der Waals surface area contributed by atoms with Gasteiger partial charge in [-0.05, 0) is 69.8 Å². The second kappa shape index (κ2) is 9.76. The highest BCUT2D eigenvalue weighted by Crippen LogP contribution is 2.46. The molecule has 1 fully saturated rings. The van der Waals surface area contributed by atoms with E-state index in [0.717, 1.165) is 42.7 Å². The SMILES string of the molecule is C/C(=C\c1csc(C)n1)[C@H](C[C@@H]1O[C@]1(C)CCC[C@H](C)C=O)O[Si](C)(C)C(C)(C)C. The van der Waals surface area contributed by atoms with Crippen molar-refractivity contribution < 1.29 is 14.0 Å². The van der Waals surface area contributed by atoms with Crippen LogP contribution in [0.5, 0.6) is 0 Å². The van der Waals surface area contributed by atoms with Crippen molar-refractivity contribution in [2.75, 3.05) is 0 Å². The van der Waals surface area contributed by atoms with E-state index in [0.29, 0.717) is 0 Å². The van der Waals surface area contributed by atoms with E-state index in [-0.39, 0.29) is 28.8 Å². The first-order valence-electron chi connectivity index (χ1n) is 11.2. The average molecular weight is 452 g/mol. The summed E-state index contributed by atoms with van der Waals surface area (Å²) < 4.78 is 13.0. The molecular weight excluding hydrogens is 410 g/mol. The summed E-state index contributed by atoms with van der Waals surface area (Å²) in [5.74, 6) is 0.132. The number of carbonyl (C=O) groups excluding carboxylic acids is 1. The fourth-order valence-corrected chi connectivity index (χ4v) is 5.39. The monoisotopic (exact) mass is 451 g/mol. The van der Waals surface area contributed by atoms with Gasteiger partial charge in [0, 0.05) is 17.7 Å². The van der Waals surface area contributed by atoms with E-state index in [1.54, 1.807) is 11.3 Å². The largest absolute Gasteiger partial charge is 0.410 e. The van der Waals surface area contributed by atoms with Gasteiger partial charge in [-0.25, -0.2) is 4.98 Å². The van der Waals surface area contributed by atoms with Crippen LogP contribution in [0, 0.1) is 12.8 Å². The summed E-state index contributed by atoms with van der Waals surface area (Å²) in [4.78, 5) is 15.5. The van der Waals surface area contributed by atoms with Gasteiger partial charge in [0.25, 0.3) is 0 Å². The predicted molar refractivity (Wildman–Crippen MR) is 130 cm³/mol. The minimum absolute atomic E-state index is 0.0358. The number of thiazole rings is 1. The van der Waals surface area contributed by atoms with Crippen molar-refractivity contribution in [2.24, 2.45) is 5.92 Å². The minimum Gasteiger partial charge on any atom is -0.410 e. The first kappa shape index (κ1) is 25.4. The summed E-state index contributed by atoms with van der Waals surface area (Å²) in [5.41, 5.74) is 2.15. The number of ether oxygens (including phenoxy) is 1. The molecule has 1 aromatic heterocycles. The summed E-state index contributed by atoms with van der Waals surface area (Å²) in [6.07, 6.45) is 7.29. The highest BCUT2D eigenvalue weighted by molar-refractivity contribution is 7.09. The van der Waals surface area contributed by atoms with Crippen molar-refractivity contribution in [3.8, 4) is 0 Å². The second-order valence-corrected chi connectivity index (χ2v) is 16.5. The van der Waals surface area contributed by atoms with Crippen LogP contribution in [0.25, 0.3) is 6.08 Å². The number of aryl methyl sites for hydroxylation is 1. The Hall–Kier alpha value is -0.823. The molecule has 1 aliphatic rings. The fraction of sp³-hybridized carbons (Fsp3) is 0.750. The molecule has 0 radical (unpaired) electrons. The van der Waals surface area contributed by atoms with Crippen molar-refractivity contribution in [2.45, 2.75) is 110 Å². The molecule has 1 saturated heterocycles. The van der Waals surface area contributed by atoms with Gasteiger partial charge in [0.1, 0.15) is 6.29 Å². The van der Waals surface area contributed by atoms with Crippen LogP contribution in [-0.2, 0) is 14.0 Å². The number of hydrogen-bond donors (Lipinski definition) is 0. The van der Waals surface area contributed by atoms with Crippen LogP contribution in [0.4, 0.5) is 0 Å². The van der Waals surface area contributed by atoms with E-state index in [4.69, 9.17) is 9.16 Å². The van der Waals surface area contributed by atoms with E-state index in [1.165, 1.54) is 5.57 Å². The lowest BCUT2D eigenvalue weighted by Gasteiger charge is -2.39.